The van der Waals surface area contributed by atoms with E-state index in [1.807, 2.05) is 0 Å². The molecule has 0 aliphatic carbocycles. The van der Waals surface area contributed by atoms with Gasteiger partial charge in [0.25, 0.3) is 9.05 Å². The highest BCUT2D eigenvalue weighted by molar-refractivity contribution is 8.13. The molecule has 1 rings (SSSR count). The van der Waals surface area contributed by atoms with Gasteiger partial charge in [-0.15, -0.1) is 0 Å². The lowest BCUT2D eigenvalue weighted by Crippen LogP contribution is -2.12. The van der Waals surface area contributed by atoms with E-state index in [1.54, 1.807) is 20.8 Å². The number of rotatable bonds is 7. The maximum atomic E-state index is 11.4. The first-order chi connectivity index (χ1) is 9.58. The predicted octanol–water partition coefficient (Wildman–Crippen LogP) is 2.43. The molecule has 120 valence electrons. The third kappa shape index (κ3) is 5.16. The van der Waals surface area contributed by atoms with Crippen LogP contribution in [0.1, 0.15) is 24.5 Å². The Hall–Kier alpha value is -0.790. The second kappa shape index (κ2) is 6.98. The lowest BCUT2D eigenvalue weighted by atomic mass is 10.1. The predicted molar refractivity (Wildman–Crippen MR) is 83.4 cm³/mol. The summed E-state index contributed by atoms with van der Waals surface area (Å²) < 4.78 is 51.0. The zero-order chi connectivity index (χ0) is 16.3. The van der Waals surface area contributed by atoms with E-state index in [0.29, 0.717) is 23.3 Å². The Morgan fingerprint density at radius 3 is 2.24 bits per heavy atom. The van der Waals surface area contributed by atoms with Gasteiger partial charge in [0.2, 0.25) is 0 Å². The van der Waals surface area contributed by atoms with E-state index in [-0.39, 0.29) is 23.0 Å². The minimum absolute atomic E-state index is 0.0579. The molecule has 0 heterocycles. The minimum Gasteiger partial charge on any atom is -0.493 e. The largest absolute Gasteiger partial charge is 0.493 e. The van der Waals surface area contributed by atoms with Gasteiger partial charge in [-0.2, -0.15) is 0 Å². The molecule has 0 fully saturated rings. The molecule has 1 aromatic rings. The van der Waals surface area contributed by atoms with Gasteiger partial charge in [-0.3, -0.25) is 0 Å². The van der Waals surface area contributed by atoms with Crippen molar-refractivity contribution in [2.24, 2.45) is 0 Å². The summed E-state index contributed by atoms with van der Waals surface area (Å²) >= 11 is 0. The van der Waals surface area contributed by atoms with Crippen molar-refractivity contribution in [1.82, 2.24) is 0 Å². The van der Waals surface area contributed by atoms with Crippen LogP contribution in [0.4, 0.5) is 0 Å². The number of benzene rings is 1. The molecule has 0 amide bonds. The van der Waals surface area contributed by atoms with Gasteiger partial charge in [-0.1, -0.05) is 6.92 Å². The summed E-state index contributed by atoms with van der Waals surface area (Å²) in [5, 5.41) is 0. The van der Waals surface area contributed by atoms with E-state index in [0.717, 1.165) is 0 Å². The molecule has 5 nitrogen and oxygen atoms in total. The lowest BCUT2D eigenvalue weighted by molar-refractivity contribution is 0.315. The average molecular weight is 355 g/mol. The molecule has 0 aliphatic rings. The Morgan fingerprint density at radius 2 is 1.71 bits per heavy atom. The standard InChI is InChI=1S/C13H19ClO5S2/c1-4-20(15,16)9-5-8-19-12-6-7-13(21(14,17)18)11(3)10(12)2/h6-7H,4-5,8-9H2,1-3H3. The summed E-state index contributed by atoms with van der Waals surface area (Å²) in [6.07, 6.45) is 0.393. The van der Waals surface area contributed by atoms with Crippen molar-refractivity contribution in [3.05, 3.63) is 23.3 Å². The van der Waals surface area contributed by atoms with Crippen LogP contribution in [-0.2, 0) is 18.9 Å². The van der Waals surface area contributed by atoms with Gasteiger partial charge in [0.15, 0.2) is 0 Å². The van der Waals surface area contributed by atoms with E-state index in [9.17, 15) is 16.8 Å². The molecule has 0 saturated heterocycles. The average Bonchev–Trinajstić information content (AvgIpc) is 2.38. The van der Waals surface area contributed by atoms with Gasteiger partial charge in [0.05, 0.1) is 17.3 Å². The van der Waals surface area contributed by atoms with Crippen molar-refractivity contribution in [3.63, 3.8) is 0 Å². The van der Waals surface area contributed by atoms with Gasteiger partial charge >= 0.3 is 0 Å². The van der Waals surface area contributed by atoms with Crippen LogP contribution < -0.4 is 4.74 Å². The maximum Gasteiger partial charge on any atom is 0.261 e. The number of ether oxygens (including phenoxy) is 1. The summed E-state index contributed by atoms with van der Waals surface area (Å²) in [6, 6.07) is 2.93. The van der Waals surface area contributed by atoms with Gasteiger partial charge in [-0.25, -0.2) is 16.8 Å². The smallest absolute Gasteiger partial charge is 0.261 e. The number of hydrogen-bond donors (Lipinski definition) is 0. The van der Waals surface area contributed by atoms with Crippen molar-refractivity contribution < 1.29 is 21.6 Å². The molecule has 0 aromatic heterocycles. The molecule has 0 bridgehead atoms. The Balaban J connectivity index is 2.77. The van der Waals surface area contributed by atoms with Crippen molar-refractivity contribution >= 4 is 29.6 Å². The van der Waals surface area contributed by atoms with Crippen molar-refractivity contribution in [2.75, 3.05) is 18.1 Å². The first-order valence-electron chi connectivity index (χ1n) is 6.46. The fourth-order valence-corrected chi connectivity index (χ4v) is 3.89. The summed E-state index contributed by atoms with van der Waals surface area (Å²) in [6.45, 7) is 5.25. The third-order valence-electron chi connectivity index (χ3n) is 3.25. The van der Waals surface area contributed by atoms with Crippen LogP contribution >= 0.6 is 10.7 Å². The topological polar surface area (TPSA) is 77.5 Å². The molecule has 1 aromatic carbocycles. The summed E-state index contributed by atoms with van der Waals surface area (Å²) in [5.41, 5.74) is 1.21. The highest BCUT2D eigenvalue weighted by Crippen LogP contribution is 2.29. The summed E-state index contributed by atoms with van der Waals surface area (Å²) in [5.74, 6) is 0.730. The maximum absolute atomic E-state index is 11.4. The van der Waals surface area contributed by atoms with Crippen LogP contribution in [0.3, 0.4) is 0 Å². The van der Waals surface area contributed by atoms with Gasteiger partial charge in [0.1, 0.15) is 15.6 Å². The zero-order valence-electron chi connectivity index (χ0n) is 12.2. The molecule has 0 N–H and O–H groups in total. The Kier molecular flexibility index (Phi) is 6.07. The normalized spacial score (nSPS) is 12.4. The molecule has 0 spiro atoms. The van der Waals surface area contributed by atoms with E-state index < -0.39 is 18.9 Å². The van der Waals surface area contributed by atoms with Crippen molar-refractivity contribution in [2.45, 2.75) is 32.1 Å². The third-order valence-corrected chi connectivity index (χ3v) is 6.50. The van der Waals surface area contributed by atoms with Crippen molar-refractivity contribution in [3.8, 4) is 5.75 Å². The highest BCUT2D eigenvalue weighted by atomic mass is 35.7. The Morgan fingerprint density at radius 1 is 1.10 bits per heavy atom. The summed E-state index contributed by atoms with van der Waals surface area (Å²) in [7, 11) is -1.43. The zero-order valence-corrected chi connectivity index (χ0v) is 14.6. The number of hydrogen-bond acceptors (Lipinski definition) is 5. The van der Waals surface area contributed by atoms with Crippen LogP contribution in [0.25, 0.3) is 0 Å². The van der Waals surface area contributed by atoms with Gasteiger partial charge < -0.3 is 4.74 Å². The SMILES string of the molecule is CCS(=O)(=O)CCCOc1ccc(S(=O)(=O)Cl)c(C)c1C. The van der Waals surface area contributed by atoms with E-state index >= 15 is 0 Å². The number of sulfone groups is 1. The molecular weight excluding hydrogens is 336 g/mol. The molecule has 21 heavy (non-hydrogen) atoms. The first-order valence-corrected chi connectivity index (χ1v) is 10.6. The van der Waals surface area contributed by atoms with Crippen LogP contribution in [0.15, 0.2) is 17.0 Å². The fourth-order valence-electron chi connectivity index (χ4n) is 1.80. The monoisotopic (exact) mass is 354 g/mol. The van der Waals surface area contributed by atoms with Gasteiger partial charge in [-0.05, 0) is 43.5 Å². The molecule has 0 atom stereocenters. The quantitative estimate of drug-likeness (QED) is 0.555. The molecular formula is C13H19ClO5S2. The Labute approximate surface area is 130 Å². The lowest BCUT2D eigenvalue weighted by Gasteiger charge is -2.13. The van der Waals surface area contributed by atoms with Crippen LogP contribution in [0.5, 0.6) is 5.75 Å². The second-order valence-electron chi connectivity index (χ2n) is 4.69. The van der Waals surface area contributed by atoms with Crippen LogP contribution in [-0.4, -0.2) is 34.9 Å². The van der Waals surface area contributed by atoms with E-state index in [2.05, 4.69) is 0 Å². The van der Waals surface area contributed by atoms with Gasteiger partial charge in [0, 0.05) is 16.4 Å². The summed E-state index contributed by atoms with van der Waals surface area (Å²) in [4.78, 5) is 0.0579. The molecule has 8 heteroatoms. The van der Waals surface area contributed by atoms with E-state index in [4.69, 9.17) is 15.4 Å². The minimum atomic E-state index is -3.78. The number of halogens is 1. The Bertz CT molecular complexity index is 708. The fraction of sp³-hybridized carbons (Fsp3) is 0.538. The van der Waals surface area contributed by atoms with Crippen LogP contribution in [0, 0.1) is 13.8 Å². The molecule has 0 unspecified atom stereocenters. The van der Waals surface area contributed by atoms with Crippen molar-refractivity contribution in [1.29, 1.82) is 0 Å². The van der Waals surface area contributed by atoms with E-state index in [1.165, 1.54) is 12.1 Å². The molecule has 0 saturated carbocycles. The second-order valence-corrected chi connectivity index (χ2v) is 9.70. The van der Waals surface area contributed by atoms with Crippen LogP contribution in [0.2, 0.25) is 0 Å². The molecule has 0 radical (unpaired) electrons. The highest BCUT2D eigenvalue weighted by Gasteiger charge is 2.17. The first kappa shape index (κ1) is 18.3. The molecule has 0 aliphatic heterocycles.